The zero-order valence-electron chi connectivity index (χ0n) is 5.84. The van der Waals surface area contributed by atoms with E-state index in [1.165, 1.54) is 0 Å². The van der Waals surface area contributed by atoms with E-state index in [0.717, 1.165) is 25.9 Å². The van der Waals surface area contributed by atoms with E-state index in [0.29, 0.717) is 6.10 Å². The Balaban J connectivity index is 1.81. The van der Waals surface area contributed by atoms with Crippen molar-refractivity contribution in [3.8, 4) is 0 Å². The fourth-order valence-electron chi connectivity index (χ4n) is 0.876. The van der Waals surface area contributed by atoms with E-state index < -0.39 is 0 Å². The number of rotatable bonds is 4. The molecular formula is C7H14O2. The highest BCUT2D eigenvalue weighted by Gasteiger charge is 2.21. The minimum absolute atomic E-state index is 0.135. The van der Waals surface area contributed by atoms with E-state index >= 15 is 0 Å². The van der Waals surface area contributed by atoms with Crippen molar-refractivity contribution in [3.63, 3.8) is 0 Å². The molecule has 1 saturated heterocycles. The quantitative estimate of drug-likeness (QED) is 0.574. The lowest BCUT2D eigenvalue weighted by atomic mass is 10.1. The molecular weight excluding hydrogens is 116 g/mol. The molecule has 0 spiro atoms. The lowest BCUT2D eigenvalue weighted by Gasteiger charge is -2.00. The lowest BCUT2D eigenvalue weighted by molar-refractivity contribution is 0.179. The summed E-state index contributed by atoms with van der Waals surface area (Å²) in [5, 5.41) is 8.84. The fourth-order valence-corrected chi connectivity index (χ4v) is 0.876. The molecule has 1 aliphatic rings. The van der Waals surface area contributed by atoms with E-state index in [4.69, 9.17) is 9.84 Å². The Morgan fingerprint density at radius 3 is 2.89 bits per heavy atom. The van der Waals surface area contributed by atoms with Gasteiger partial charge in [-0.1, -0.05) is 0 Å². The molecule has 1 N–H and O–H groups in total. The van der Waals surface area contributed by atoms with Crippen molar-refractivity contribution < 1.29 is 9.84 Å². The summed E-state index contributed by atoms with van der Waals surface area (Å²) in [4.78, 5) is 0. The molecule has 2 atom stereocenters. The number of hydrogen-bond acceptors (Lipinski definition) is 2. The third-order valence-electron chi connectivity index (χ3n) is 1.55. The summed E-state index contributed by atoms with van der Waals surface area (Å²) in [5.41, 5.74) is 0. The average molecular weight is 130 g/mol. The Hall–Kier alpha value is -0.0800. The van der Waals surface area contributed by atoms with Crippen LogP contribution in [0.25, 0.3) is 0 Å². The van der Waals surface area contributed by atoms with Crippen molar-refractivity contribution in [2.45, 2.75) is 38.4 Å². The number of hydrogen-bond donors (Lipinski definition) is 1. The largest absolute Gasteiger partial charge is 0.393 e. The van der Waals surface area contributed by atoms with Crippen molar-refractivity contribution in [1.29, 1.82) is 0 Å². The van der Waals surface area contributed by atoms with E-state index in [2.05, 4.69) is 0 Å². The van der Waals surface area contributed by atoms with Crippen LogP contribution in [0.4, 0.5) is 0 Å². The van der Waals surface area contributed by atoms with Crippen molar-refractivity contribution in [2.24, 2.45) is 0 Å². The zero-order valence-corrected chi connectivity index (χ0v) is 5.84. The van der Waals surface area contributed by atoms with Gasteiger partial charge in [0.2, 0.25) is 0 Å². The molecule has 0 radical (unpaired) electrons. The molecule has 1 fully saturated rings. The van der Waals surface area contributed by atoms with Gasteiger partial charge < -0.3 is 9.84 Å². The van der Waals surface area contributed by atoms with Gasteiger partial charge in [-0.3, -0.25) is 0 Å². The van der Waals surface area contributed by atoms with Gasteiger partial charge in [-0.25, -0.2) is 0 Å². The molecule has 2 nitrogen and oxygen atoms in total. The van der Waals surface area contributed by atoms with Crippen LogP contribution in [-0.2, 0) is 4.74 Å². The molecule has 54 valence electrons. The van der Waals surface area contributed by atoms with Crippen LogP contribution in [0.5, 0.6) is 0 Å². The first kappa shape index (κ1) is 7.03. The van der Waals surface area contributed by atoms with E-state index in [1.54, 1.807) is 0 Å². The Morgan fingerprint density at radius 1 is 1.78 bits per heavy atom. The van der Waals surface area contributed by atoms with Gasteiger partial charge in [-0.05, 0) is 26.2 Å². The molecule has 1 rings (SSSR count). The minimum Gasteiger partial charge on any atom is -0.393 e. The van der Waals surface area contributed by atoms with Crippen LogP contribution in [-0.4, -0.2) is 23.9 Å². The SMILES string of the molecule is C[C@@H](O)CCCC1CO1. The van der Waals surface area contributed by atoms with Crippen LogP contribution in [0.15, 0.2) is 0 Å². The average Bonchev–Trinajstić information content (AvgIpc) is 2.48. The molecule has 0 aromatic rings. The van der Waals surface area contributed by atoms with Crippen molar-refractivity contribution in [2.75, 3.05) is 6.61 Å². The molecule has 0 aromatic heterocycles. The molecule has 9 heavy (non-hydrogen) atoms. The molecule has 0 bridgehead atoms. The maximum Gasteiger partial charge on any atom is 0.0810 e. The minimum atomic E-state index is -0.135. The first-order valence-electron chi connectivity index (χ1n) is 3.58. The Bertz CT molecular complexity index is 75.0. The molecule has 0 aliphatic carbocycles. The monoisotopic (exact) mass is 130 g/mol. The highest BCUT2D eigenvalue weighted by atomic mass is 16.6. The third kappa shape index (κ3) is 3.49. The first-order chi connectivity index (χ1) is 4.29. The molecule has 0 amide bonds. The van der Waals surface area contributed by atoms with Crippen LogP contribution < -0.4 is 0 Å². The summed E-state index contributed by atoms with van der Waals surface area (Å²) in [6.07, 6.45) is 3.54. The molecule has 2 heteroatoms. The van der Waals surface area contributed by atoms with Crippen LogP contribution in [0.2, 0.25) is 0 Å². The van der Waals surface area contributed by atoms with Crippen LogP contribution in [0, 0.1) is 0 Å². The van der Waals surface area contributed by atoms with Crippen LogP contribution in [0.3, 0.4) is 0 Å². The van der Waals surface area contributed by atoms with Gasteiger partial charge in [0.15, 0.2) is 0 Å². The van der Waals surface area contributed by atoms with Crippen molar-refractivity contribution >= 4 is 0 Å². The topological polar surface area (TPSA) is 32.8 Å². The summed E-state index contributed by atoms with van der Waals surface area (Å²) in [6.45, 7) is 2.77. The lowest BCUT2D eigenvalue weighted by Crippen LogP contribution is -1.99. The Morgan fingerprint density at radius 2 is 2.44 bits per heavy atom. The maximum absolute atomic E-state index is 8.84. The normalized spacial score (nSPS) is 28.0. The van der Waals surface area contributed by atoms with E-state index in [-0.39, 0.29) is 6.10 Å². The van der Waals surface area contributed by atoms with Gasteiger partial charge in [0.1, 0.15) is 0 Å². The molecule has 1 aliphatic heterocycles. The van der Waals surface area contributed by atoms with Gasteiger partial charge in [0.25, 0.3) is 0 Å². The molecule has 0 aromatic carbocycles. The van der Waals surface area contributed by atoms with Gasteiger partial charge in [-0.15, -0.1) is 0 Å². The summed E-state index contributed by atoms with van der Waals surface area (Å²) >= 11 is 0. The standard InChI is InChI=1S/C7H14O2/c1-6(8)3-2-4-7-5-9-7/h6-8H,2-5H2,1H3/t6-,7?/m1/s1. The summed E-state index contributed by atoms with van der Waals surface area (Å²) in [6, 6.07) is 0. The number of aliphatic hydroxyl groups is 1. The fraction of sp³-hybridized carbons (Fsp3) is 1.00. The van der Waals surface area contributed by atoms with Gasteiger partial charge in [0, 0.05) is 0 Å². The predicted molar refractivity (Wildman–Crippen MR) is 35.3 cm³/mol. The van der Waals surface area contributed by atoms with Crippen LogP contribution >= 0.6 is 0 Å². The first-order valence-corrected chi connectivity index (χ1v) is 3.58. The molecule has 1 unspecified atom stereocenters. The second-order valence-corrected chi connectivity index (χ2v) is 2.74. The molecule has 1 heterocycles. The summed E-state index contributed by atoms with van der Waals surface area (Å²) in [5.74, 6) is 0. The van der Waals surface area contributed by atoms with Gasteiger partial charge in [-0.2, -0.15) is 0 Å². The highest BCUT2D eigenvalue weighted by Crippen LogP contribution is 2.16. The smallest absolute Gasteiger partial charge is 0.0810 e. The second kappa shape index (κ2) is 3.18. The zero-order chi connectivity index (χ0) is 6.69. The Kier molecular flexibility index (Phi) is 2.49. The Labute approximate surface area is 55.8 Å². The predicted octanol–water partition coefficient (Wildman–Crippen LogP) is 0.936. The maximum atomic E-state index is 8.84. The highest BCUT2D eigenvalue weighted by molar-refractivity contribution is 4.68. The molecule has 0 saturated carbocycles. The van der Waals surface area contributed by atoms with E-state index in [1.807, 2.05) is 6.92 Å². The number of aliphatic hydroxyl groups excluding tert-OH is 1. The number of epoxide rings is 1. The van der Waals surface area contributed by atoms with E-state index in [9.17, 15) is 0 Å². The number of ether oxygens (including phenoxy) is 1. The second-order valence-electron chi connectivity index (χ2n) is 2.74. The van der Waals surface area contributed by atoms with Gasteiger partial charge >= 0.3 is 0 Å². The van der Waals surface area contributed by atoms with Crippen molar-refractivity contribution in [1.82, 2.24) is 0 Å². The third-order valence-corrected chi connectivity index (χ3v) is 1.55. The van der Waals surface area contributed by atoms with Crippen LogP contribution in [0.1, 0.15) is 26.2 Å². The van der Waals surface area contributed by atoms with Gasteiger partial charge in [0.05, 0.1) is 18.8 Å². The summed E-state index contributed by atoms with van der Waals surface area (Å²) < 4.78 is 5.01. The van der Waals surface area contributed by atoms with Crippen molar-refractivity contribution in [3.05, 3.63) is 0 Å². The summed E-state index contributed by atoms with van der Waals surface area (Å²) in [7, 11) is 0.